The summed E-state index contributed by atoms with van der Waals surface area (Å²) in [6, 6.07) is 12.5. The first-order valence-electron chi connectivity index (χ1n) is 15.4. The summed E-state index contributed by atoms with van der Waals surface area (Å²) >= 11 is 0. The fraction of sp³-hybridized carbons (Fsp3) is 0.559. The number of benzene rings is 2. The molecule has 0 heterocycles. The number of esters is 1. The zero-order valence-corrected chi connectivity index (χ0v) is 31.0. The van der Waals surface area contributed by atoms with Gasteiger partial charge in [-0.05, 0) is 96.7 Å². The van der Waals surface area contributed by atoms with Crippen LogP contribution < -0.4 is 18.9 Å². The van der Waals surface area contributed by atoms with Crippen LogP contribution in [0.1, 0.15) is 105 Å². The standard InChI is InChI=1S/C15H23F2NO2S.C15H21F2NO2S.C4H8O2/c2*1-5-7-13(18-21(19)15(2,3)4)11-8-6-9-12(10-11)20-14(16)17;1-3-6-4(2)5/h6,8-10,13-14,18H,5,7H2,1-4H3;5-6,8-10,13-14,18H,1,7H2,2-4H3;3H2,1-2H3/t2*13-,21+;/m00./s1. The number of carbonyl (C=O) groups excluding carboxylic acids is 1. The summed E-state index contributed by atoms with van der Waals surface area (Å²) in [6.45, 7) is 14.9. The second kappa shape index (κ2) is 22.8. The number of carbonyl (C=O) groups is 1. The van der Waals surface area contributed by atoms with Gasteiger partial charge in [0.1, 0.15) is 11.5 Å². The molecule has 0 aromatic heterocycles. The first-order chi connectivity index (χ1) is 22.2. The predicted molar refractivity (Wildman–Crippen MR) is 186 cm³/mol. The molecule has 0 aliphatic rings. The van der Waals surface area contributed by atoms with E-state index in [0.717, 1.165) is 24.0 Å². The van der Waals surface area contributed by atoms with E-state index >= 15 is 0 Å². The predicted octanol–water partition coefficient (Wildman–Crippen LogP) is 8.71. The van der Waals surface area contributed by atoms with Gasteiger partial charge in [0, 0.05) is 19.0 Å². The highest BCUT2D eigenvalue weighted by atomic mass is 32.2. The van der Waals surface area contributed by atoms with Crippen molar-refractivity contribution in [3.63, 3.8) is 0 Å². The number of rotatable bonds is 15. The van der Waals surface area contributed by atoms with Gasteiger partial charge in [-0.15, -0.1) is 6.58 Å². The van der Waals surface area contributed by atoms with E-state index in [1.165, 1.54) is 25.1 Å². The number of hydrogen-bond acceptors (Lipinski definition) is 6. The average molecular weight is 725 g/mol. The molecule has 14 heteroatoms. The van der Waals surface area contributed by atoms with Crippen molar-refractivity contribution in [1.82, 2.24) is 9.44 Å². The maximum absolute atomic E-state index is 12.3. The summed E-state index contributed by atoms with van der Waals surface area (Å²) in [6.07, 6.45) is 3.87. The number of ether oxygens (including phenoxy) is 3. The second-order valence-corrected chi connectivity index (χ2v) is 16.2. The zero-order chi connectivity index (χ0) is 37.1. The van der Waals surface area contributed by atoms with Crippen LogP contribution in [0.15, 0.2) is 61.2 Å². The zero-order valence-electron chi connectivity index (χ0n) is 29.3. The van der Waals surface area contributed by atoms with Gasteiger partial charge in [0.15, 0.2) is 0 Å². The Hall–Kier alpha value is -2.81. The smallest absolute Gasteiger partial charge is 0.387 e. The molecule has 4 atom stereocenters. The summed E-state index contributed by atoms with van der Waals surface area (Å²) in [7, 11) is -2.50. The maximum atomic E-state index is 12.3. The third-order valence-corrected chi connectivity index (χ3v) is 9.13. The van der Waals surface area contributed by atoms with Crippen molar-refractivity contribution in [1.29, 1.82) is 0 Å². The third kappa shape index (κ3) is 19.9. The first-order valence-corrected chi connectivity index (χ1v) is 17.7. The van der Waals surface area contributed by atoms with Gasteiger partial charge in [-0.2, -0.15) is 17.6 Å². The molecule has 0 spiro atoms. The van der Waals surface area contributed by atoms with Crippen LogP contribution in [0.2, 0.25) is 0 Å². The van der Waals surface area contributed by atoms with E-state index < -0.39 is 39.9 Å². The SMILES string of the molecule is C=CC[C@H](N[S@](=O)C(C)(C)C)c1cccc(OC(F)F)c1.CCC[C@H](N[S@](=O)C(C)(C)C)c1cccc(OC(F)F)c1.CCOC(C)=O. The molecule has 0 saturated heterocycles. The van der Waals surface area contributed by atoms with Gasteiger partial charge in [0.25, 0.3) is 0 Å². The molecule has 0 bridgehead atoms. The lowest BCUT2D eigenvalue weighted by atomic mass is 10.0. The van der Waals surface area contributed by atoms with Crippen molar-refractivity contribution in [3.05, 3.63) is 72.3 Å². The Morgan fingerprint density at radius 1 is 0.812 bits per heavy atom. The Balaban J connectivity index is 0.000000787. The monoisotopic (exact) mass is 724 g/mol. The summed E-state index contributed by atoms with van der Waals surface area (Å²) in [5, 5.41) is 0. The Morgan fingerprint density at radius 2 is 1.23 bits per heavy atom. The van der Waals surface area contributed by atoms with Crippen molar-refractivity contribution in [2.75, 3.05) is 6.61 Å². The minimum Gasteiger partial charge on any atom is -0.466 e. The lowest BCUT2D eigenvalue weighted by molar-refractivity contribution is -0.140. The molecule has 0 aliphatic heterocycles. The van der Waals surface area contributed by atoms with Crippen molar-refractivity contribution in [2.24, 2.45) is 0 Å². The lowest BCUT2D eigenvalue weighted by Crippen LogP contribution is -2.35. The third-order valence-electron chi connectivity index (χ3n) is 5.91. The number of nitrogens with one attached hydrogen (secondary N) is 2. The van der Waals surface area contributed by atoms with Crippen LogP contribution in [0.4, 0.5) is 17.6 Å². The lowest BCUT2D eigenvalue weighted by Gasteiger charge is -2.24. The van der Waals surface area contributed by atoms with Gasteiger partial charge < -0.3 is 14.2 Å². The number of alkyl halides is 4. The van der Waals surface area contributed by atoms with Crippen LogP contribution in [0.25, 0.3) is 0 Å². The van der Waals surface area contributed by atoms with Crippen molar-refractivity contribution >= 4 is 27.9 Å². The highest BCUT2D eigenvalue weighted by Crippen LogP contribution is 2.27. The quantitative estimate of drug-likeness (QED) is 0.108. The fourth-order valence-electron chi connectivity index (χ4n) is 3.63. The highest BCUT2D eigenvalue weighted by molar-refractivity contribution is 7.84. The minimum absolute atomic E-state index is 0.0832. The van der Waals surface area contributed by atoms with Gasteiger partial charge in [0.2, 0.25) is 0 Å². The van der Waals surface area contributed by atoms with E-state index in [4.69, 9.17) is 0 Å². The molecule has 0 saturated carbocycles. The Labute approximate surface area is 288 Å². The molecule has 8 nitrogen and oxygen atoms in total. The molecule has 0 unspecified atom stereocenters. The summed E-state index contributed by atoms with van der Waals surface area (Å²) < 4.78 is 92.0. The molecule has 2 aromatic carbocycles. The molecule has 0 amide bonds. The molecule has 48 heavy (non-hydrogen) atoms. The van der Waals surface area contributed by atoms with Crippen molar-refractivity contribution in [3.8, 4) is 11.5 Å². The summed E-state index contributed by atoms with van der Waals surface area (Å²) in [4.78, 5) is 9.82. The maximum Gasteiger partial charge on any atom is 0.387 e. The average Bonchev–Trinajstić information content (AvgIpc) is 2.96. The topological polar surface area (TPSA) is 103 Å². The van der Waals surface area contributed by atoms with E-state index in [0.29, 0.717) is 13.0 Å². The van der Waals surface area contributed by atoms with Crippen molar-refractivity contribution in [2.45, 2.75) is 116 Å². The van der Waals surface area contributed by atoms with E-state index in [9.17, 15) is 30.8 Å². The van der Waals surface area contributed by atoms with Crippen LogP contribution in [0.3, 0.4) is 0 Å². The normalized spacial score (nSPS) is 14.0. The van der Waals surface area contributed by atoms with Gasteiger partial charge in [-0.25, -0.2) is 17.9 Å². The fourth-order valence-corrected chi connectivity index (χ4v) is 5.34. The minimum atomic E-state index is -2.87. The molecular weight excluding hydrogens is 673 g/mol. The van der Waals surface area contributed by atoms with E-state index in [1.54, 1.807) is 37.3 Å². The highest BCUT2D eigenvalue weighted by Gasteiger charge is 2.25. The largest absolute Gasteiger partial charge is 0.466 e. The molecule has 0 fully saturated rings. The van der Waals surface area contributed by atoms with Crippen LogP contribution in [-0.4, -0.2) is 43.7 Å². The second-order valence-electron chi connectivity index (χ2n) is 12.2. The van der Waals surface area contributed by atoms with Gasteiger partial charge in [-0.3, -0.25) is 4.79 Å². The molecule has 2 aromatic rings. The Morgan fingerprint density at radius 3 is 1.54 bits per heavy atom. The van der Waals surface area contributed by atoms with Crippen LogP contribution in [-0.2, 0) is 31.5 Å². The van der Waals surface area contributed by atoms with E-state index in [1.807, 2.05) is 54.5 Å². The number of hydrogen-bond donors (Lipinski definition) is 2. The molecule has 274 valence electrons. The van der Waals surface area contributed by atoms with E-state index in [2.05, 4.69) is 30.2 Å². The Kier molecular flexibility index (Phi) is 21.4. The summed E-state index contributed by atoms with van der Waals surface area (Å²) in [5.41, 5.74) is 1.53. The molecule has 2 rings (SSSR count). The molecule has 0 radical (unpaired) electrons. The molecular formula is C34H52F4N2O6S2. The van der Waals surface area contributed by atoms with Gasteiger partial charge in [-0.1, -0.05) is 43.7 Å². The van der Waals surface area contributed by atoms with Gasteiger partial charge >= 0.3 is 19.2 Å². The van der Waals surface area contributed by atoms with Crippen molar-refractivity contribution < 1.29 is 45.0 Å². The Bertz CT molecular complexity index is 1290. The van der Waals surface area contributed by atoms with Crippen LogP contribution >= 0.6 is 0 Å². The molecule has 2 N–H and O–H groups in total. The van der Waals surface area contributed by atoms with Crippen LogP contribution in [0, 0.1) is 0 Å². The number of halogens is 4. The summed E-state index contributed by atoms with van der Waals surface area (Å²) in [5.74, 6) is -0.00986. The van der Waals surface area contributed by atoms with Crippen LogP contribution in [0.5, 0.6) is 11.5 Å². The molecule has 0 aliphatic carbocycles. The van der Waals surface area contributed by atoms with Gasteiger partial charge in [0.05, 0.1) is 38.1 Å². The first kappa shape index (κ1) is 45.2. The van der Waals surface area contributed by atoms with E-state index in [-0.39, 0.29) is 34.3 Å².